The number of phenols is 1. The third-order valence-corrected chi connectivity index (χ3v) is 3.33. The second-order valence-electron chi connectivity index (χ2n) is 4.08. The van der Waals surface area contributed by atoms with Gasteiger partial charge in [0.2, 0.25) is 0 Å². The summed E-state index contributed by atoms with van der Waals surface area (Å²) in [6.45, 7) is 7.74. The number of ether oxygens (including phenoxy) is 1. The minimum atomic E-state index is -0.332. The van der Waals surface area contributed by atoms with Gasteiger partial charge in [-0.2, -0.15) is 0 Å². The van der Waals surface area contributed by atoms with E-state index in [1.165, 1.54) is 7.11 Å². The van der Waals surface area contributed by atoms with Gasteiger partial charge in [-0.05, 0) is 49.9 Å². The topological polar surface area (TPSA) is 46.5 Å². The summed E-state index contributed by atoms with van der Waals surface area (Å²) in [5.74, 6) is -0.118. The van der Waals surface area contributed by atoms with Gasteiger partial charge < -0.3 is 9.84 Å². The van der Waals surface area contributed by atoms with Crippen molar-refractivity contribution in [2.45, 2.75) is 34.1 Å². The van der Waals surface area contributed by atoms with Gasteiger partial charge in [0.05, 0.1) is 13.5 Å². The summed E-state index contributed by atoms with van der Waals surface area (Å²) >= 11 is 0. The van der Waals surface area contributed by atoms with E-state index in [-0.39, 0.29) is 18.1 Å². The van der Waals surface area contributed by atoms with E-state index in [1.807, 2.05) is 27.7 Å². The number of benzene rings is 1. The van der Waals surface area contributed by atoms with Crippen LogP contribution >= 0.6 is 0 Å². The van der Waals surface area contributed by atoms with E-state index in [1.54, 1.807) is 0 Å². The number of hydrogen-bond donors (Lipinski definition) is 1. The standard InChI is InChI=1S/C13H18O3/c1-7-8(2)10(4)13(15)11(9(7)3)6-12(14)16-5/h15H,6H2,1-5H3. The smallest absolute Gasteiger partial charge is 0.310 e. The Morgan fingerprint density at radius 3 is 2.06 bits per heavy atom. The molecule has 3 nitrogen and oxygen atoms in total. The zero-order chi connectivity index (χ0) is 12.5. The summed E-state index contributed by atoms with van der Waals surface area (Å²) in [7, 11) is 1.35. The van der Waals surface area contributed by atoms with Crippen LogP contribution in [0.4, 0.5) is 0 Å². The molecule has 0 heterocycles. The molecule has 0 aliphatic heterocycles. The summed E-state index contributed by atoms with van der Waals surface area (Å²) in [6.07, 6.45) is 0.121. The third-order valence-electron chi connectivity index (χ3n) is 3.33. The molecule has 0 radical (unpaired) electrons. The van der Waals surface area contributed by atoms with E-state index in [9.17, 15) is 9.90 Å². The lowest BCUT2D eigenvalue weighted by atomic mass is 9.92. The van der Waals surface area contributed by atoms with Gasteiger partial charge in [-0.3, -0.25) is 4.79 Å². The summed E-state index contributed by atoms with van der Waals surface area (Å²) < 4.78 is 4.62. The monoisotopic (exact) mass is 222 g/mol. The van der Waals surface area contributed by atoms with E-state index in [0.29, 0.717) is 5.56 Å². The molecule has 3 heteroatoms. The van der Waals surface area contributed by atoms with Crippen molar-refractivity contribution in [3.63, 3.8) is 0 Å². The highest BCUT2D eigenvalue weighted by atomic mass is 16.5. The maximum absolute atomic E-state index is 11.3. The molecule has 0 aliphatic carbocycles. The van der Waals surface area contributed by atoms with Crippen LogP contribution in [0.25, 0.3) is 0 Å². The van der Waals surface area contributed by atoms with Crippen LogP contribution in [0.1, 0.15) is 27.8 Å². The average molecular weight is 222 g/mol. The molecule has 16 heavy (non-hydrogen) atoms. The number of methoxy groups -OCH3 is 1. The fourth-order valence-electron chi connectivity index (χ4n) is 1.80. The molecule has 1 aromatic rings. The highest BCUT2D eigenvalue weighted by Gasteiger charge is 2.16. The first-order valence-electron chi connectivity index (χ1n) is 5.25. The largest absolute Gasteiger partial charge is 0.507 e. The molecule has 0 spiro atoms. The van der Waals surface area contributed by atoms with Crippen LogP contribution in [0, 0.1) is 27.7 Å². The van der Waals surface area contributed by atoms with Crippen molar-refractivity contribution in [1.29, 1.82) is 0 Å². The Morgan fingerprint density at radius 2 is 1.56 bits per heavy atom. The first-order valence-corrected chi connectivity index (χ1v) is 5.25. The molecule has 0 saturated carbocycles. The molecular weight excluding hydrogens is 204 g/mol. The normalized spacial score (nSPS) is 10.3. The number of phenolic OH excluding ortho intramolecular Hbond substituents is 1. The first-order chi connectivity index (χ1) is 7.40. The maximum atomic E-state index is 11.3. The molecule has 0 bridgehead atoms. The fraction of sp³-hybridized carbons (Fsp3) is 0.462. The molecule has 1 aromatic carbocycles. The summed E-state index contributed by atoms with van der Waals surface area (Å²) in [5.41, 5.74) is 4.67. The highest BCUT2D eigenvalue weighted by Crippen LogP contribution is 2.32. The second kappa shape index (κ2) is 4.56. The number of hydrogen-bond acceptors (Lipinski definition) is 3. The van der Waals surface area contributed by atoms with Crippen LogP contribution in [0.2, 0.25) is 0 Å². The van der Waals surface area contributed by atoms with Crippen LogP contribution < -0.4 is 0 Å². The predicted molar refractivity (Wildman–Crippen MR) is 62.8 cm³/mol. The summed E-state index contributed by atoms with van der Waals surface area (Å²) in [5, 5.41) is 10.0. The van der Waals surface area contributed by atoms with Crippen molar-refractivity contribution in [2.75, 3.05) is 7.11 Å². The molecule has 0 atom stereocenters. The number of esters is 1. The van der Waals surface area contributed by atoms with Gasteiger partial charge >= 0.3 is 5.97 Å². The number of rotatable bonds is 2. The van der Waals surface area contributed by atoms with Crippen LogP contribution in [0.15, 0.2) is 0 Å². The Labute approximate surface area is 96.1 Å². The fourth-order valence-corrected chi connectivity index (χ4v) is 1.80. The van der Waals surface area contributed by atoms with Crippen molar-refractivity contribution < 1.29 is 14.6 Å². The van der Waals surface area contributed by atoms with E-state index in [2.05, 4.69) is 4.74 Å². The lowest BCUT2D eigenvalue weighted by molar-refractivity contribution is -0.139. The molecule has 1 N–H and O–H groups in total. The molecular formula is C13H18O3. The maximum Gasteiger partial charge on any atom is 0.310 e. The minimum Gasteiger partial charge on any atom is -0.507 e. The van der Waals surface area contributed by atoms with Crippen LogP contribution in [-0.4, -0.2) is 18.2 Å². The van der Waals surface area contributed by atoms with Gasteiger partial charge in [-0.15, -0.1) is 0 Å². The lowest BCUT2D eigenvalue weighted by Gasteiger charge is -2.16. The lowest BCUT2D eigenvalue weighted by Crippen LogP contribution is -2.08. The summed E-state index contributed by atoms with van der Waals surface area (Å²) in [6, 6.07) is 0. The molecule has 0 amide bonds. The summed E-state index contributed by atoms with van der Waals surface area (Å²) in [4.78, 5) is 11.3. The van der Waals surface area contributed by atoms with Crippen LogP contribution in [0.5, 0.6) is 5.75 Å². The Bertz CT molecular complexity index is 404. The Balaban J connectivity index is 3.34. The number of carbonyl (C=O) groups excluding carboxylic acids is 1. The van der Waals surface area contributed by atoms with E-state index in [0.717, 1.165) is 22.3 Å². The molecule has 0 unspecified atom stereocenters. The van der Waals surface area contributed by atoms with Crippen LogP contribution in [-0.2, 0) is 16.0 Å². The average Bonchev–Trinajstić information content (AvgIpc) is 2.29. The second-order valence-corrected chi connectivity index (χ2v) is 4.08. The highest BCUT2D eigenvalue weighted by molar-refractivity contribution is 5.75. The first kappa shape index (κ1) is 12.6. The van der Waals surface area contributed by atoms with Gasteiger partial charge in [0.25, 0.3) is 0 Å². The SMILES string of the molecule is COC(=O)Cc1c(C)c(C)c(C)c(C)c1O. The van der Waals surface area contributed by atoms with Crippen molar-refractivity contribution >= 4 is 5.97 Å². The van der Waals surface area contributed by atoms with Gasteiger partial charge in [0.1, 0.15) is 5.75 Å². The molecule has 0 saturated heterocycles. The van der Waals surface area contributed by atoms with Crippen molar-refractivity contribution in [3.05, 3.63) is 27.8 Å². The number of carbonyl (C=O) groups is 1. The van der Waals surface area contributed by atoms with Gasteiger partial charge in [0, 0.05) is 5.56 Å². The molecule has 1 rings (SSSR count). The van der Waals surface area contributed by atoms with Crippen molar-refractivity contribution in [2.24, 2.45) is 0 Å². The molecule has 0 fully saturated rings. The zero-order valence-electron chi connectivity index (χ0n) is 10.5. The Kier molecular flexibility index (Phi) is 3.58. The minimum absolute atomic E-state index is 0.121. The van der Waals surface area contributed by atoms with Crippen LogP contribution in [0.3, 0.4) is 0 Å². The number of aromatic hydroxyl groups is 1. The predicted octanol–water partition coefficient (Wildman–Crippen LogP) is 2.34. The Hall–Kier alpha value is -1.51. The Morgan fingerprint density at radius 1 is 1.06 bits per heavy atom. The quantitative estimate of drug-likeness (QED) is 0.781. The van der Waals surface area contributed by atoms with Crippen molar-refractivity contribution in [1.82, 2.24) is 0 Å². The third kappa shape index (κ3) is 2.03. The van der Waals surface area contributed by atoms with Crippen molar-refractivity contribution in [3.8, 4) is 5.75 Å². The van der Waals surface area contributed by atoms with E-state index >= 15 is 0 Å². The molecule has 0 aliphatic rings. The van der Waals surface area contributed by atoms with E-state index < -0.39 is 0 Å². The van der Waals surface area contributed by atoms with Gasteiger partial charge in [-0.25, -0.2) is 0 Å². The zero-order valence-corrected chi connectivity index (χ0v) is 10.5. The van der Waals surface area contributed by atoms with E-state index in [4.69, 9.17) is 0 Å². The van der Waals surface area contributed by atoms with Gasteiger partial charge in [-0.1, -0.05) is 0 Å². The molecule has 88 valence electrons. The van der Waals surface area contributed by atoms with Gasteiger partial charge in [0.15, 0.2) is 0 Å². The molecule has 0 aromatic heterocycles.